The van der Waals surface area contributed by atoms with Gasteiger partial charge in [0.1, 0.15) is 5.82 Å². The molecule has 0 amide bonds. The molecule has 1 aromatic carbocycles. The standard InChI is InChI=1S/C14H14N4O/c15-14-17-10-7-4-8-11(19)12(10)13(18-14)16-9-5-2-1-3-6-9/h1-3,5-6H,4,7-8H2,(H3,15,16,17,18). The van der Waals surface area contributed by atoms with Crippen molar-refractivity contribution in [3.05, 3.63) is 41.6 Å². The smallest absolute Gasteiger partial charge is 0.222 e. The predicted molar refractivity (Wildman–Crippen MR) is 73.4 cm³/mol. The number of carbonyl (C=O) groups is 1. The fourth-order valence-corrected chi connectivity index (χ4v) is 2.29. The number of para-hydroxylation sites is 1. The van der Waals surface area contributed by atoms with E-state index in [2.05, 4.69) is 15.3 Å². The summed E-state index contributed by atoms with van der Waals surface area (Å²) in [6, 6.07) is 9.60. The number of fused-ring (bicyclic) bond motifs is 1. The highest BCUT2D eigenvalue weighted by Gasteiger charge is 2.24. The number of benzene rings is 1. The Morgan fingerprint density at radius 2 is 1.89 bits per heavy atom. The first-order valence-electron chi connectivity index (χ1n) is 6.26. The van der Waals surface area contributed by atoms with Crippen LogP contribution in [0.15, 0.2) is 30.3 Å². The first kappa shape index (κ1) is 11.6. The molecule has 1 aliphatic carbocycles. The Kier molecular flexibility index (Phi) is 2.87. The van der Waals surface area contributed by atoms with Gasteiger partial charge in [-0.25, -0.2) is 4.98 Å². The predicted octanol–water partition coefficient (Wildman–Crippen LogP) is 2.32. The van der Waals surface area contributed by atoms with Crippen molar-refractivity contribution in [2.45, 2.75) is 19.3 Å². The molecule has 1 aliphatic rings. The van der Waals surface area contributed by atoms with Gasteiger partial charge in [0.25, 0.3) is 0 Å². The van der Waals surface area contributed by atoms with Gasteiger partial charge < -0.3 is 11.1 Å². The number of aromatic nitrogens is 2. The Balaban J connectivity index is 2.05. The second kappa shape index (κ2) is 4.68. The number of hydrogen-bond acceptors (Lipinski definition) is 5. The Hall–Kier alpha value is -2.43. The number of nitrogens with two attached hydrogens (primary N) is 1. The van der Waals surface area contributed by atoms with Crippen LogP contribution in [0.4, 0.5) is 17.5 Å². The molecule has 0 bridgehead atoms. The lowest BCUT2D eigenvalue weighted by Gasteiger charge is -2.18. The third-order valence-corrected chi connectivity index (χ3v) is 3.13. The summed E-state index contributed by atoms with van der Waals surface area (Å²) in [5.41, 5.74) is 7.92. The van der Waals surface area contributed by atoms with Crippen LogP contribution in [0.3, 0.4) is 0 Å². The molecule has 1 heterocycles. The van der Waals surface area contributed by atoms with Crippen LogP contribution in [-0.4, -0.2) is 15.8 Å². The number of ketones is 1. The molecule has 0 unspecified atom stereocenters. The Bertz CT molecular complexity index is 625. The molecule has 0 spiro atoms. The Labute approximate surface area is 110 Å². The molecule has 0 fully saturated rings. The van der Waals surface area contributed by atoms with Gasteiger partial charge in [0, 0.05) is 12.1 Å². The zero-order valence-electron chi connectivity index (χ0n) is 10.4. The van der Waals surface area contributed by atoms with Crippen LogP contribution < -0.4 is 11.1 Å². The van der Waals surface area contributed by atoms with Crippen molar-refractivity contribution in [2.75, 3.05) is 11.1 Å². The fourth-order valence-electron chi connectivity index (χ4n) is 2.29. The molecule has 3 N–H and O–H groups in total. The van der Waals surface area contributed by atoms with Crippen LogP contribution in [-0.2, 0) is 6.42 Å². The molecule has 0 saturated carbocycles. The summed E-state index contributed by atoms with van der Waals surface area (Å²) in [5, 5.41) is 3.15. The van der Waals surface area contributed by atoms with Crippen LogP contribution in [0.25, 0.3) is 0 Å². The zero-order valence-corrected chi connectivity index (χ0v) is 10.4. The largest absolute Gasteiger partial charge is 0.368 e. The molecular weight excluding hydrogens is 240 g/mol. The quantitative estimate of drug-likeness (QED) is 0.859. The number of nitrogens with zero attached hydrogens (tertiary/aromatic N) is 2. The molecule has 0 saturated heterocycles. The van der Waals surface area contributed by atoms with Gasteiger partial charge >= 0.3 is 0 Å². The first-order valence-corrected chi connectivity index (χ1v) is 6.26. The van der Waals surface area contributed by atoms with E-state index in [-0.39, 0.29) is 11.7 Å². The van der Waals surface area contributed by atoms with Crippen LogP contribution in [0.2, 0.25) is 0 Å². The molecule has 2 aromatic rings. The summed E-state index contributed by atoms with van der Waals surface area (Å²) >= 11 is 0. The van der Waals surface area contributed by atoms with Crippen molar-refractivity contribution in [1.82, 2.24) is 9.97 Å². The Morgan fingerprint density at radius 3 is 2.68 bits per heavy atom. The van der Waals surface area contributed by atoms with Crippen molar-refractivity contribution in [3.63, 3.8) is 0 Å². The zero-order chi connectivity index (χ0) is 13.2. The molecule has 96 valence electrons. The monoisotopic (exact) mass is 254 g/mol. The summed E-state index contributed by atoms with van der Waals surface area (Å²) in [7, 11) is 0. The number of rotatable bonds is 2. The van der Waals surface area contributed by atoms with Crippen molar-refractivity contribution in [2.24, 2.45) is 0 Å². The van der Waals surface area contributed by atoms with E-state index in [4.69, 9.17) is 5.73 Å². The summed E-state index contributed by atoms with van der Waals surface area (Å²) in [6.45, 7) is 0. The molecule has 0 radical (unpaired) electrons. The average molecular weight is 254 g/mol. The fraction of sp³-hybridized carbons (Fsp3) is 0.214. The number of nitrogens with one attached hydrogen (secondary N) is 1. The highest BCUT2D eigenvalue weighted by atomic mass is 16.1. The SMILES string of the molecule is Nc1nc2c(c(Nc3ccccc3)n1)C(=O)CCC2. The Morgan fingerprint density at radius 1 is 1.11 bits per heavy atom. The molecule has 0 atom stereocenters. The number of aryl methyl sites for hydroxylation is 1. The molecule has 5 nitrogen and oxygen atoms in total. The van der Waals surface area contributed by atoms with E-state index in [1.165, 1.54) is 0 Å². The minimum atomic E-state index is 0.0830. The first-order chi connectivity index (χ1) is 9.24. The van der Waals surface area contributed by atoms with E-state index in [0.29, 0.717) is 17.8 Å². The van der Waals surface area contributed by atoms with Crippen molar-refractivity contribution in [1.29, 1.82) is 0 Å². The summed E-state index contributed by atoms with van der Waals surface area (Å²) < 4.78 is 0. The van der Waals surface area contributed by atoms with E-state index in [1.807, 2.05) is 30.3 Å². The maximum Gasteiger partial charge on any atom is 0.222 e. The lowest BCUT2D eigenvalue weighted by molar-refractivity contribution is 0.0972. The average Bonchev–Trinajstić information content (AvgIpc) is 2.39. The van der Waals surface area contributed by atoms with Gasteiger partial charge in [-0.2, -0.15) is 4.98 Å². The van der Waals surface area contributed by atoms with Crippen LogP contribution in [0.5, 0.6) is 0 Å². The number of Topliss-reactive ketones (excluding diaryl/α,β-unsaturated/α-hetero) is 1. The molecule has 3 rings (SSSR count). The molecular formula is C14H14N4O. The van der Waals surface area contributed by atoms with E-state index in [1.54, 1.807) is 0 Å². The van der Waals surface area contributed by atoms with Crippen LogP contribution in [0, 0.1) is 0 Å². The van der Waals surface area contributed by atoms with Crippen LogP contribution in [0.1, 0.15) is 28.9 Å². The second-order valence-corrected chi connectivity index (χ2v) is 4.52. The normalized spacial score (nSPS) is 14.0. The minimum absolute atomic E-state index is 0.0830. The highest BCUT2D eigenvalue weighted by molar-refractivity contribution is 6.03. The number of anilines is 3. The number of hydrogen-bond donors (Lipinski definition) is 2. The lowest BCUT2D eigenvalue weighted by atomic mass is 9.95. The van der Waals surface area contributed by atoms with Gasteiger partial charge in [-0.3, -0.25) is 4.79 Å². The van der Waals surface area contributed by atoms with Gasteiger partial charge in [0.05, 0.1) is 11.3 Å². The van der Waals surface area contributed by atoms with Gasteiger partial charge in [-0.1, -0.05) is 18.2 Å². The van der Waals surface area contributed by atoms with Gasteiger partial charge in [-0.05, 0) is 25.0 Å². The highest BCUT2D eigenvalue weighted by Crippen LogP contribution is 2.28. The molecule has 19 heavy (non-hydrogen) atoms. The van der Waals surface area contributed by atoms with Crippen molar-refractivity contribution in [3.8, 4) is 0 Å². The van der Waals surface area contributed by atoms with E-state index in [9.17, 15) is 4.79 Å². The second-order valence-electron chi connectivity index (χ2n) is 4.52. The summed E-state index contributed by atoms with van der Waals surface area (Å²) in [5.74, 6) is 0.796. The molecule has 1 aromatic heterocycles. The minimum Gasteiger partial charge on any atom is -0.368 e. The lowest BCUT2D eigenvalue weighted by Crippen LogP contribution is -2.17. The maximum absolute atomic E-state index is 12.0. The summed E-state index contributed by atoms with van der Waals surface area (Å²) in [4.78, 5) is 20.4. The summed E-state index contributed by atoms with van der Waals surface area (Å²) in [6.07, 6.45) is 2.15. The van der Waals surface area contributed by atoms with Crippen molar-refractivity contribution >= 4 is 23.2 Å². The number of carbonyl (C=O) groups excluding carboxylic acids is 1. The number of nitrogen functional groups attached to an aromatic ring is 1. The van der Waals surface area contributed by atoms with E-state index < -0.39 is 0 Å². The van der Waals surface area contributed by atoms with E-state index in [0.717, 1.165) is 24.2 Å². The van der Waals surface area contributed by atoms with Crippen LogP contribution >= 0.6 is 0 Å². The molecule has 5 heteroatoms. The topological polar surface area (TPSA) is 80.9 Å². The van der Waals surface area contributed by atoms with Crippen molar-refractivity contribution < 1.29 is 4.79 Å². The van der Waals surface area contributed by atoms with Gasteiger partial charge in [-0.15, -0.1) is 0 Å². The van der Waals surface area contributed by atoms with Gasteiger partial charge in [0.15, 0.2) is 5.78 Å². The maximum atomic E-state index is 12.0. The third kappa shape index (κ3) is 2.27. The third-order valence-electron chi connectivity index (χ3n) is 3.13. The van der Waals surface area contributed by atoms with Gasteiger partial charge in [0.2, 0.25) is 5.95 Å². The molecule has 0 aliphatic heterocycles. The van der Waals surface area contributed by atoms with E-state index >= 15 is 0 Å².